The van der Waals surface area contributed by atoms with E-state index < -0.39 is 0 Å². The second-order valence-electron chi connectivity index (χ2n) is 9.14. The largest absolute Gasteiger partial charge is 0.497 e. The first-order chi connectivity index (χ1) is 17.0. The van der Waals surface area contributed by atoms with Gasteiger partial charge in [-0.2, -0.15) is 0 Å². The van der Waals surface area contributed by atoms with Gasteiger partial charge in [-0.3, -0.25) is 14.5 Å². The first-order valence-corrected chi connectivity index (χ1v) is 12.2. The molecular weight excluding hydrogens is 446 g/mol. The van der Waals surface area contributed by atoms with E-state index in [9.17, 15) is 9.59 Å². The lowest BCUT2D eigenvalue weighted by atomic mass is 9.94. The van der Waals surface area contributed by atoms with Crippen LogP contribution in [0.1, 0.15) is 36.0 Å². The van der Waals surface area contributed by atoms with Crippen molar-refractivity contribution >= 4 is 17.5 Å². The number of nitrogens with zero attached hydrogens (tertiary/aromatic N) is 2. The summed E-state index contributed by atoms with van der Waals surface area (Å²) in [6.45, 7) is 2.51. The number of piperazine rings is 1. The number of carbonyl (C=O) groups excluding carboxylic acids is 2. The maximum Gasteiger partial charge on any atom is 0.253 e. The van der Waals surface area contributed by atoms with Crippen LogP contribution in [0.5, 0.6) is 17.2 Å². The number of ether oxygens (including phenoxy) is 3. The minimum absolute atomic E-state index is 0.0117. The van der Waals surface area contributed by atoms with Crippen molar-refractivity contribution < 1.29 is 23.8 Å². The Bertz CT molecular complexity index is 990. The number of rotatable bonds is 8. The van der Waals surface area contributed by atoms with Crippen LogP contribution in [-0.2, 0) is 4.79 Å². The van der Waals surface area contributed by atoms with Crippen LogP contribution < -0.4 is 19.5 Å². The average Bonchev–Trinajstić information content (AvgIpc) is 3.43. The summed E-state index contributed by atoms with van der Waals surface area (Å²) in [4.78, 5) is 30.7. The van der Waals surface area contributed by atoms with Gasteiger partial charge in [-0.15, -0.1) is 0 Å². The molecule has 2 amide bonds. The molecule has 8 heteroatoms. The van der Waals surface area contributed by atoms with Crippen LogP contribution in [0, 0.1) is 5.92 Å². The first-order valence-electron chi connectivity index (χ1n) is 12.2. The number of benzene rings is 2. The second kappa shape index (κ2) is 11.4. The van der Waals surface area contributed by atoms with E-state index in [2.05, 4.69) is 10.2 Å². The van der Waals surface area contributed by atoms with Crippen molar-refractivity contribution in [3.8, 4) is 17.2 Å². The summed E-state index contributed by atoms with van der Waals surface area (Å²) in [5.74, 6) is 2.29. The molecule has 0 radical (unpaired) electrons. The molecule has 35 heavy (non-hydrogen) atoms. The van der Waals surface area contributed by atoms with Gasteiger partial charge in [0.25, 0.3) is 5.91 Å². The van der Waals surface area contributed by atoms with Crippen LogP contribution in [0.15, 0.2) is 42.5 Å². The molecule has 2 fully saturated rings. The summed E-state index contributed by atoms with van der Waals surface area (Å²) in [7, 11) is 4.79. The number of anilines is 1. The molecule has 4 rings (SSSR count). The molecule has 188 valence electrons. The molecule has 0 bridgehead atoms. The van der Waals surface area contributed by atoms with Gasteiger partial charge >= 0.3 is 0 Å². The highest BCUT2D eigenvalue weighted by atomic mass is 16.5. The van der Waals surface area contributed by atoms with Gasteiger partial charge in [0.2, 0.25) is 5.91 Å². The molecule has 2 aromatic carbocycles. The Morgan fingerprint density at radius 2 is 1.40 bits per heavy atom. The molecule has 1 atom stereocenters. The predicted molar refractivity (Wildman–Crippen MR) is 134 cm³/mol. The number of carbonyl (C=O) groups is 2. The molecule has 1 aliphatic heterocycles. The van der Waals surface area contributed by atoms with E-state index in [1.807, 2.05) is 4.90 Å². The lowest BCUT2D eigenvalue weighted by molar-refractivity contribution is -0.123. The fourth-order valence-electron chi connectivity index (χ4n) is 5.17. The average molecular weight is 482 g/mol. The van der Waals surface area contributed by atoms with Gasteiger partial charge in [0.1, 0.15) is 17.2 Å². The predicted octanol–water partition coefficient (Wildman–Crippen LogP) is 3.67. The Balaban J connectivity index is 1.44. The summed E-state index contributed by atoms with van der Waals surface area (Å²) in [5.41, 5.74) is 1.30. The van der Waals surface area contributed by atoms with Crippen molar-refractivity contribution in [2.24, 2.45) is 5.92 Å². The van der Waals surface area contributed by atoms with E-state index in [1.165, 1.54) is 0 Å². The smallest absolute Gasteiger partial charge is 0.253 e. The quantitative estimate of drug-likeness (QED) is 0.620. The third-order valence-corrected chi connectivity index (χ3v) is 7.07. The number of amides is 2. The Kier molecular flexibility index (Phi) is 8.13. The second-order valence-corrected chi connectivity index (χ2v) is 9.14. The molecule has 1 heterocycles. The third-order valence-electron chi connectivity index (χ3n) is 7.07. The zero-order chi connectivity index (χ0) is 24.8. The van der Waals surface area contributed by atoms with Crippen molar-refractivity contribution in [1.82, 2.24) is 9.80 Å². The van der Waals surface area contributed by atoms with Gasteiger partial charge in [0.05, 0.1) is 27.4 Å². The number of nitrogens with one attached hydrogen (secondary N) is 1. The van der Waals surface area contributed by atoms with E-state index in [1.54, 1.807) is 63.8 Å². The van der Waals surface area contributed by atoms with Crippen LogP contribution >= 0.6 is 0 Å². The highest BCUT2D eigenvalue weighted by Gasteiger charge is 2.37. The van der Waals surface area contributed by atoms with Crippen molar-refractivity contribution in [3.05, 3.63) is 48.0 Å². The molecule has 1 unspecified atom stereocenters. The third kappa shape index (κ3) is 5.88. The monoisotopic (exact) mass is 481 g/mol. The van der Waals surface area contributed by atoms with Crippen molar-refractivity contribution in [1.29, 1.82) is 0 Å². The Morgan fingerprint density at radius 1 is 0.829 bits per heavy atom. The van der Waals surface area contributed by atoms with Gasteiger partial charge in [-0.25, -0.2) is 0 Å². The Labute approximate surface area is 207 Å². The van der Waals surface area contributed by atoms with Crippen LogP contribution in [0.4, 0.5) is 5.69 Å². The van der Waals surface area contributed by atoms with Crippen LogP contribution in [-0.4, -0.2) is 75.2 Å². The van der Waals surface area contributed by atoms with Crippen molar-refractivity contribution in [3.63, 3.8) is 0 Å². The lowest BCUT2D eigenvalue weighted by Crippen LogP contribution is -2.56. The zero-order valence-corrected chi connectivity index (χ0v) is 20.8. The van der Waals surface area contributed by atoms with E-state index in [0.717, 1.165) is 31.4 Å². The van der Waals surface area contributed by atoms with Crippen molar-refractivity contribution in [2.45, 2.75) is 31.7 Å². The van der Waals surface area contributed by atoms with Gasteiger partial charge in [0, 0.05) is 55.6 Å². The van der Waals surface area contributed by atoms with Gasteiger partial charge in [-0.1, -0.05) is 12.8 Å². The molecule has 2 aromatic rings. The van der Waals surface area contributed by atoms with E-state index in [0.29, 0.717) is 54.8 Å². The van der Waals surface area contributed by atoms with Crippen LogP contribution in [0.3, 0.4) is 0 Å². The highest BCUT2D eigenvalue weighted by Crippen LogP contribution is 2.33. The van der Waals surface area contributed by atoms with Gasteiger partial charge in [-0.05, 0) is 43.0 Å². The fraction of sp³-hybridized carbons (Fsp3) is 0.481. The molecule has 1 aliphatic carbocycles. The zero-order valence-electron chi connectivity index (χ0n) is 20.8. The molecule has 2 aliphatic rings. The minimum Gasteiger partial charge on any atom is -0.497 e. The summed E-state index contributed by atoms with van der Waals surface area (Å²) in [6, 6.07) is 12.4. The van der Waals surface area contributed by atoms with E-state index >= 15 is 0 Å². The van der Waals surface area contributed by atoms with Crippen LogP contribution in [0.2, 0.25) is 0 Å². The van der Waals surface area contributed by atoms with Crippen LogP contribution in [0.25, 0.3) is 0 Å². The molecule has 1 saturated heterocycles. The fourth-order valence-corrected chi connectivity index (χ4v) is 5.17. The highest BCUT2D eigenvalue weighted by molar-refractivity contribution is 5.96. The number of hydrogen-bond acceptors (Lipinski definition) is 6. The molecule has 1 saturated carbocycles. The summed E-state index contributed by atoms with van der Waals surface area (Å²) in [5, 5.41) is 3.10. The Hall–Kier alpha value is -3.26. The summed E-state index contributed by atoms with van der Waals surface area (Å²) in [6.07, 6.45) is 4.39. The van der Waals surface area contributed by atoms with Gasteiger partial charge in [0.15, 0.2) is 0 Å². The maximum absolute atomic E-state index is 13.6. The summed E-state index contributed by atoms with van der Waals surface area (Å²) >= 11 is 0. The minimum atomic E-state index is -0.229. The van der Waals surface area contributed by atoms with Gasteiger partial charge < -0.3 is 24.4 Å². The van der Waals surface area contributed by atoms with Crippen molar-refractivity contribution in [2.75, 3.05) is 52.8 Å². The standard InChI is InChI=1S/C27H35N3O5/c1-33-22-10-8-20(9-11-22)27(32)30-14-12-29(13-15-30)25(19-6-4-5-7-19)26(31)28-21-16-23(34-2)18-24(17-21)35-3/h8-11,16-19,25H,4-7,12-15H2,1-3H3,(H,28,31). The molecule has 0 aromatic heterocycles. The van der Waals surface area contributed by atoms with E-state index in [4.69, 9.17) is 14.2 Å². The first kappa shape index (κ1) is 24.9. The van der Waals surface area contributed by atoms with E-state index in [-0.39, 0.29) is 17.9 Å². The maximum atomic E-state index is 13.6. The Morgan fingerprint density at radius 3 is 1.94 bits per heavy atom. The normalized spacial score (nSPS) is 17.6. The molecule has 8 nitrogen and oxygen atoms in total. The summed E-state index contributed by atoms with van der Waals surface area (Å²) < 4.78 is 15.9. The molecule has 0 spiro atoms. The lowest BCUT2D eigenvalue weighted by Gasteiger charge is -2.40. The molecular formula is C27H35N3O5. The topological polar surface area (TPSA) is 80.3 Å². The number of hydrogen-bond donors (Lipinski definition) is 1. The number of methoxy groups -OCH3 is 3. The SMILES string of the molecule is COc1ccc(C(=O)N2CCN(C(C(=O)Nc3cc(OC)cc(OC)c3)C3CCCC3)CC2)cc1. The molecule has 1 N–H and O–H groups in total.